The molecule has 1 saturated heterocycles. The molecule has 2 aromatic rings. The van der Waals surface area contributed by atoms with Crippen molar-refractivity contribution in [3.63, 3.8) is 0 Å². The van der Waals surface area contributed by atoms with Gasteiger partial charge < -0.3 is 14.7 Å². The monoisotopic (exact) mass is 367 g/mol. The van der Waals surface area contributed by atoms with Crippen LogP contribution >= 0.6 is 0 Å². The fraction of sp³-hybridized carbons (Fsp3) is 0.364. The second-order valence-corrected chi connectivity index (χ2v) is 7.21. The highest BCUT2D eigenvalue weighted by Crippen LogP contribution is 2.32. The minimum absolute atomic E-state index is 0.127. The number of ether oxygens (including phenoxy) is 1. The maximum absolute atomic E-state index is 13.0. The van der Waals surface area contributed by atoms with Crippen LogP contribution in [-0.2, 0) is 4.79 Å². The third-order valence-electron chi connectivity index (χ3n) is 5.11. The van der Waals surface area contributed by atoms with Crippen molar-refractivity contribution >= 4 is 11.9 Å². The Kier molecular flexibility index (Phi) is 5.49. The first-order valence-electron chi connectivity index (χ1n) is 9.29. The van der Waals surface area contributed by atoms with E-state index in [1.165, 1.54) is 0 Å². The van der Waals surface area contributed by atoms with E-state index in [4.69, 9.17) is 4.74 Å². The van der Waals surface area contributed by atoms with E-state index < -0.39 is 11.4 Å². The molecule has 1 unspecified atom stereocenters. The maximum atomic E-state index is 13.0. The lowest BCUT2D eigenvalue weighted by Crippen LogP contribution is -2.48. The Morgan fingerprint density at radius 2 is 1.96 bits per heavy atom. The summed E-state index contributed by atoms with van der Waals surface area (Å²) in [5.74, 6) is -0.196. The van der Waals surface area contributed by atoms with Gasteiger partial charge in [-0.25, -0.2) is 0 Å². The van der Waals surface area contributed by atoms with Crippen molar-refractivity contribution < 1.29 is 19.4 Å². The van der Waals surface area contributed by atoms with Gasteiger partial charge in [-0.3, -0.25) is 9.59 Å². The zero-order valence-corrected chi connectivity index (χ0v) is 15.8. The molecule has 0 aliphatic carbocycles. The minimum atomic E-state index is -0.882. The first-order chi connectivity index (χ1) is 12.9. The molecule has 1 aliphatic rings. The summed E-state index contributed by atoms with van der Waals surface area (Å²) < 4.78 is 5.70. The van der Waals surface area contributed by atoms with Crippen molar-refractivity contribution in [1.29, 1.82) is 0 Å². The Balaban J connectivity index is 1.88. The molecule has 0 aromatic heterocycles. The molecule has 1 aliphatic heterocycles. The lowest BCUT2D eigenvalue weighted by Gasteiger charge is -2.37. The lowest BCUT2D eigenvalue weighted by molar-refractivity contribution is -0.150. The highest BCUT2D eigenvalue weighted by Gasteiger charge is 2.39. The molecule has 0 saturated carbocycles. The van der Waals surface area contributed by atoms with Crippen molar-refractivity contribution in [2.24, 2.45) is 5.41 Å². The number of amides is 1. The highest BCUT2D eigenvalue weighted by molar-refractivity contribution is 5.96. The molecule has 0 spiro atoms. The SMILES string of the molecule is CCOc1ccccc1-c1cccc(C(=O)N2CCCC(C)(C(=O)O)C2)c1. The zero-order chi connectivity index (χ0) is 19.4. The van der Waals surface area contributed by atoms with Crippen molar-refractivity contribution in [3.8, 4) is 16.9 Å². The Bertz CT molecular complexity index is 848. The molecule has 142 valence electrons. The molecule has 1 N–H and O–H groups in total. The van der Waals surface area contributed by atoms with Gasteiger partial charge in [0.2, 0.25) is 0 Å². The Hall–Kier alpha value is -2.82. The molecule has 1 amide bonds. The van der Waals surface area contributed by atoms with Crippen LogP contribution in [0.25, 0.3) is 11.1 Å². The highest BCUT2D eigenvalue weighted by atomic mass is 16.5. The number of nitrogens with zero attached hydrogens (tertiary/aromatic N) is 1. The number of piperidine rings is 1. The molecule has 2 aromatic carbocycles. The largest absolute Gasteiger partial charge is 0.493 e. The molecule has 5 heteroatoms. The summed E-state index contributed by atoms with van der Waals surface area (Å²) >= 11 is 0. The van der Waals surface area contributed by atoms with E-state index in [1.807, 2.05) is 49.4 Å². The van der Waals surface area contributed by atoms with Gasteiger partial charge in [-0.15, -0.1) is 0 Å². The number of carboxylic acid groups (broad SMARTS) is 1. The minimum Gasteiger partial charge on any atom is -0.493 e. The van der Waals surface area contributed by atoms with Crippen molar-refractivity contribution in [3.05, 3.63) is 54.1 Å². The first kappa shape index (κ1) is 19.0. The van der Waals surface area contributed by atoms with Crippen molar-refractivity contribution in [1.82, 2.24) is 4.90 Å². The number of hydrogen-bond donors (Lipinski definition) is 1. The number of hydrogen-bond acceptors (Lipinski definition) is 3. The molecule has 0 bridgehead atoms. The van der Waals surface area contributed by atoms with Gasteiger partial charge in [0, 0.05) is 24.2 Å². The van der Waals surface area contributed by atoms with Crippen LogP contribution in [-0.4, -0.2) is 41.6 Å². The zero-order valence-electron chi connectivity index (χ0n) is 15.8. The fourth-order valence-electron chi connectivity index (χ4n) is 3.58. The summed E-state index contributed by atoms with van der Waals surface area (Å²) in [7, 11) is 0. The van der Waals surface area contributed by atoms with Crippen LogP contribution < -0.4 is 4.74 Å². The van der Waals surface area contributed by atoms with Gasteiger partial charge in [0.15, 0.2) is 0 Å². The summed E-state index contributed by atoms with van der Waals surface area (Å²) in [6.45, 7) is 5.04. The molecule has 27 heavy (non-hydrogen) atoms. The summed E-state index contributed by atoms with van der Waals surface area (Å²) in [6.07, 6.45) is 1.29. The van der Waals surface area contributed by atoms with Crippen molar-refractivity contribution in [2.45, 2.75) is 26.7 Å². The van der Waals surface area contributed by atoms with Gasteiger partial charge in [0.1, 0.15) is 5.75 Å². The number of benzene rings is 2. The first-order valence-corrected chi connectivity index (χ1v) is 9.29. The van der Waals surface area contributed by atoms with E-state index in [2.05, 4.69) is 0 Å². The van der Waals surface area contributed by atoms with E-state index in [0.29, 0.717) is 31.6 Å². The standard InChI is InChI=1S/C22H25NO4/c1-3-27-19-11-5-4-10-18(19)16-8-6-9-17(14-16)20(24)23-13-7-12-22(2,15-23)21(25)26/h4-6,8-11,14H,3,7,12-13,15H2,1-2H3,(H,25,26). The smallest absolute Gasteiger partial charge is 0.311 e. The Morgan fingerprint density at radius 3 is 2.70 bits per heavy atom. The number of likely N-dealkylation sites (tertiary alicyclic amines) is 1. The van der Waals surface area contributed by atoms with E-state index >= 15 is 0 Å². The number of carboxylic acids is 1. The summed E-state index contributed by atoms with van der Waals surface area (Å²) in [6, 6.07) is 15.2. The second kappa shape index (κ2) is 7.82. The average Bonchev–Trinajstić information content (AvgIpc) is 2.68. The van der Waals surface area contributed by atoms with Gasteiger partial charge in [-0.1, -0.05) is 30.3 Å². The number of aliphatic carboxylic acids is 1. The number of carbonyl (C=O) groups is 2. The molecule has 0 radical (unpaired) electrons. The Morgan fingerprint density at radius 1 is 1.19 bits per heavy atom. The van der Waals surface area contributed by atoms with E-state index in [9.17, 15) is 14.7 Å². The maximum Gasteiger partial charge on any atom is 0.311 e. The normalized spacial score (nSPS) is 19.6. The van der Waals surface area contributed by atoms with E-state index in [0.717, 1.165) is 16.9 Å². The molecule has 1 atom stereocenters. The summed E-state index contributed by atoms with van der Waals surface area (Å²) in [5, 5.41) is 9.49. The average molecular weight is 367 g/mol. The molecular formula is C22H25NO4. The van der Waals surface area contributed by atoms with Gasteiger partial charge >= 0.3 is 5.97 Å². The number of carbonyl (C=O) groups excluding carboxylic acids is 1. The predicted octanol–water partition coefficient (Wildman–Crippen LogP) is 4.08. The van der Waals surface area contributed by atoms with Gasteiger partial charge in [-0.2, -0.15) is 0 Å². The molecule has 1 heterocycles. The molecule has 3 rings (SSSR count). The number of rotatable bonds is 5. The third kappa shape index (κ3) is 3.97. The molecule has 1 fully saturated rings. The fourth-order valence-corrected chi connectivity index (χ4v) is 3.58. The van der Waals surface area contributed by atoms with Gasteiger partial charge in [0.05, 0.1) is 12.0 Å². The topological polar surface area (TPSA) is 66.8 Å². The quantitative estimate of drug-likeness (QED) is 0.865. The van der Waals surface area contributed by atoms with Crippen LogP contribution in [0.15, 0.2) is 48.5 Å². The van der Waals surface area contributed by atoms with Crippen molar-refractivity contribution in [2.75, 3.05) is 19.7 Å². The van der Waals surface area contributed by atoms with Gasteiger partial charge in [-0.05, 0) is 50.5 Å². The summed E-state index contributed by atoms with van der Waals surface area (Å²) in [4.78, 5) is 26.2. The van der Waals surface area contributed by atoms with Gasteiger partial charge in [0.25, 0.3) is 5.91 Å². The van der Waals surface area contributed by atoms with E-state index in [-0.39, 0.29) is 12.5 Å². The summed E-state index contributed by atoms with van der Waals surface area (Å²) in [5.41, 5.74) is 1.52. The van der Waals surface area contributed by atoms with Crippen LogP contribution in [0.5, 0.6) is 5.75 Å². The van der Waals surface area contributed by atoms with Crippen LogP contribution in [0.3, 0.4) is 0 Å². The molecular weight excluding hydrogens is 342 g/mol. The number of para-hydroxylation sites is 1. The Labute approximate surface area is 159 Å². The second-order valence-electron chi connectivity index (χ2n) is 7.21. The third-order valence-corrected chi connectivity index (χ3v) is 5.11. The predicted molar refractivity (Wildman–Crippen MR) is 104 cm³/mol. The van der Waals surface area contributed by atoms with E-state index in [1.54, 1.807) is 17.9 Å². The molecule has 5 nitrogen and oxygen atoms in total. The van der Waals surface area contributed by atoms with Crippen LogP contribution in [0.2, 0.25) is 0 Å². The lowest BCUT2D eigenvalue weighted by atomic mass is 9.82. The van der Waals surface area contributed by atoms with Crippen LogP contribution in [0.1, 0.15) is 37.0 Å². The van der Waals surface area contributed by atoms with Crippen LogP contribution in [0.4, 0.5) is 0 Å². The van der Waals surface area contributed by atoms with Crippen LogP contribution in [0, 0.1) is 5.41 Å².